The number of furan rings is 1. The topological polar surface area (TPSA) is 21.4 Å². The lowest BCUT2D eigenvalue weighted by Gasteiger charge is -2.21. The second-order valence-corrected chi connectivity index (χ2v) is 9.63. The maximum Gasteiger partial charge on any atom is 0.216 e. The van der Waals surface area contributed by atoms with Crippen LogP contribution in [0, 0.1) is 13.5 Å². The van der Waals surface area contributed by atoms with Crippen molar-refractivity contribution < 1.29 is 10.4 Å². The average molecular weight is 433 g/mol. The Morgan fingerprint density at radius 1 is 0.970 bits per heavy atom. The van der Waals surface area contributed by atoms with E-state index in [9.17, 15) is 0 Å². The number of aromatic nitrogens is 1. The third-order valence-corrected chi connectivity index (χ3v) is 6.32. The van der Waals surface area contributed by atoms with Crippen LogP contribution in [0.2, 0.25) is 0 Å². The molecule has 0 saturated heterocycles. The van der Waals surface area contributed by atoms with Crippen LogP contribution in [0.15, 0.2) is 77.3 Å². The predicted octanol–water partition coefficient (Wildman–Crippen LogP) is 7.90. The molecule has 0 unspecified atom stereocenters. The summed E-state index contributed by atoms with van der Waals surface area (Å²) in [4.78, 5) is 3.82. The Hall–Kier alpha value is -3.90. The number of hydrogen-bond donors (Lipinski definition) is 0. The fourth-order valence-electron chi connectivity index (χ4n) is 4.62. The van der Waals surface area contributed by atoms with Crippen LogP contribution >= 0.6 is 0 Å². The highest BCUT2D eigenvalue weighted by Gasteiger charge is 2.22. The first-order valence-electron chi connectivity index (χ1n) is 11.6. The highest BCUT2D eigenvalue weighted by Crippen LogP contribution is 2.42. The zero-order valence-electron chi connectivity index (χ0n) is 20.7. The molecular formula is C30H27N2O+. The van der Waals surface area contributed by atoms with Gasteiger partial charge in [-0.15, -0.1) is 0 Å². The van der Waals surface area contributed by atoms with E-state index in [1.165, 1.54) is 0 Å². The number of para-hydroxylation sites is 1. The molecule has 3 aromatic carbocycles. The van der Waals surface area contributed by atoms with Crippen molar-refractivity contribution in [3.05, 3.63) is 95.4 Å². The first-order valence-corrected chi connectivity index (χ1v) is 11.1. The van der Waals surface area contributed by atoms with Gasteiger partial charge < -0.3 is 4.42 Å². The molecule has 0 saturated carbocycles. The van der Waals surface area contributed by atoms with Gasteiger partial charge in [-0.25, -0.2) is 9.41 Å². The molecule has 2 aromatic heterocycles. The number of benzene rings is 3. The first-order chi connectivity index (χ1) is 16.2. The van der Waals surface area contributed by atoms with Crippen molar-refractivity contribution in [1.29, 1.82) is 0 Å². The molecule has 0 radical (unpaired) electrons. The largest absolute Gasteiger partial charge is 0.454 e. The minimum absolute atomic E-state index is 0.110. The Labute approximate surface area is 196 Å². The fourth-order valence-corrected chi connectivity index (χ4v) is 4.62. The number of rotatable bonds is 2. The summed E-state index contributed by atoms with van der Waals surface area (Å²) < 4.78 is 17.4. The third-order valence-electron chi connectivity index (χ3n) is 6.32. The summed E-state index contributed by atoms with van der Waals surface area (Å²) in [6, 6.07) is 20.6. The van der Waals surface area contributed by atoms with Crippen LogP contribution in [0.25, 0.3) is 49.2 Å². The molecule has 0 atom stereocenters. The Kier molecular flexibility index (Phi) is 4.55. The number of hydrogen-bond acceptors (Lipinski definition) is 1. The number of pyridine rings is 1. The van der Waals surface area contributed by atoms with Gasteiger partial charge in [0.15, 0.2) is 11.9 Å². The summed E-state index contributed by atoms with van der Waals surface area (Å²) in [5.41, 5.74) is 7.97. The van der Waals surface area contributed by atoms with Crippen LogP contribution in [-0.4, -0.2) is 0 Å². The zero-order valence-corrected chi connectivity index (χ0v) is 19.7. The van der Waals surface area contributed by atoms with Gasteiger partial charge >= 0.3 is 0 Å². The minimum Gasteiger partial charge on any atom is -0.454 e. The van der Waals surface area contributed by atoms with Crippen molar-refractivity contribution in [2.75, 3.05) is 0 Å². The Morgan fingerprint density at radius 3 is 2.52 bits per heavy atom. The number of nitrogens with zero attached hydrogens (tertiary/aromatic N) is 2. The van der Waals surface area contributed by atoms with E-state index in [1.54, 1.807) is 0 Å². The maximum absolute atomic E-state index is 8.75. The molecule has 0 fully saturated rings. The molecule has 0 amide bonds. The average Bonchev–Trinajstić information content (AvgIpc) is 3.19. The van der Waals surface area contributed by atoms with Gasteiger partial charge in [-0.3, -0.25) is 0 Å². The van der Waals surface area contributed by atoms with Crippen molar-refractivity contribution in [2.45, 2.75) is 33.1 Å². The lowest BCUT2D eigenvalue weighted by Crippen LogP contribution is -2.30. The molecule has 3 nitrogen and oxygen atoms in total. The standard InChI is InChI=1S/C30H27N2O/c1-19-13-15-23-22-11-9-10-21(20-14-16-24(30(2,3)4)25(18-20)31-5)28(22)33-29(23)27(19)26-12-7-8-17-32(26)6/h7-18H,1-4,6H3/q+1/i15D. The summed E-state index contributed by atoms with van der Waals surface area (Å²) in [7, 11) is 2.02. The molecule has 0 aliphatic heterocycles. The van der Waals surface area contributed by atoms with E-state index >= 15 is 0 Å². The molecule has 2 heterocycles. The number of aryl methyl sites for hydroxylation is 2. The lowest BCUT2D eigenvalue weighted by atomic mass is 9.84. The predicted molar refractivity (Wildman–Crippen MR) is 135 cm³/mol. The number of fused-ring (bicyclic) bond motifs is 3. The van der Waals surface area contributed by atoms with E-state index in [0.717, 1.165) is 55.4 Å². The molecular weight excluding hydrogens is 404 g/mol. The Bertz CT molecular complexity index is 1630. The van der Waals surface area contributed by atoms with E-state index in [0.29, 0.717) is 11.7 Å². The van der Waals surface area contributed by atoms with Gasteiger partial charge in [-0.2, -0.15) is 0 Å². The maximum atomic E-state index is 8.75. The van der Waals surface area contributed by atoms with Crippen LogP contribution in [-0.2, 0) is 12.5 Å². The van der Waals surface area contributed by atoms with Crippen molar-refractivity contribution in [3.8, 4) is 22.4 Å². The van der Waals surface area contributed by atoms with Crippen molar-refractivity contribution in [2.24, 2.45) is 7.05 Å². The Balaban J connectivity index is 1.84. The summed E-state index contributed by atoms with van der Waals surface area (Å²) in [6.45, 7) is 16.1. The molecule has 3 heteroatoms. The summed E-state index contributed by atoms with van der Waals surface area (Å²) in [5.74, 6) is 0. The normalized spacial score (nSPS) is 12.2. The molecule has 0 aliphatic carbocycles. The van der Waals surface area contributed by atoms with Crippen molar-refractivity contribution in [1.82, 2.24) is 0 Å². The fraction of sp³-hybridized carbons (Fsp3) is 0.200. The molecule has 5 rings (SSSR count). The van der Waals surface area contributed by atoms with Crippen LogP contribution in [0.5, 0.6) is 0 Å². The summed E-state index contributed by atoms with van der Waals surface area (Å²) >= 11 is 0. The SMILES string of the molecule is [2H]c1cc(C)c(-c2cccc[n+]2C)c2oc3c(-c4ccc(C(C)(C)C)c([N+]#[C-])c4)cccc3c12. The quantitative estimate of drug-likeness (QED) is 0.205. The van der Waals surface area contributed by atoms with Crippen molar-refractivity contribution >= 4 is 27.6 Å². The summed E-state index contributed by atoms with van der Waals surface area (Å²) in [5, 5.41) is 1.74. The van der Waals surface area contributed by atoms with Crippen LogP contribution in [0.3, 0.4) is 0 Å². The monoisotopic (exact) mass is 432 g/mol. The zero-order chi connectivity index (χ0) is 24.2. The highest BCUT2D eigenvalue weighted by atomic mass is 16.3. The van der Waals surface area contributed by atoms with Crippen LogP contribution in [0.4, 0.5) is 5.69 Å². The van der Waals surface area contributed by atoms with Gasteiger partial charge in [0.05, 0.1) is 13.5 Å². The van der Waals surface area contributed by atoms with E-state index in [-0.39, 0.29) is 5.41 Å². The van der Waals surface area contributed by atoms with E-state index in [1.807, 2.05) is 62.6 Å². The first kappa shape index (κ1) is 19.8. The highest BCUT2D eigenvalue weighted by molar-refractivity contribution is 6.13. The van der Waals surface area contributed by atoms with Crippen LogP contribution < -0.4 is 4.57 Å². The molecule has 0 aliphatic rings. The molecule has 162 valence electrons. The molecule has 33 heavy (non-hydrogen) atoms. The van der Waals surface area contributed by atoms with E-state index in [4.69, 9.17) is 12.4 Å². The van der Waals surface area contributed by atoms with Gasteiger partial charge in [0, 0.05) is 28.5 Å². The lowest BCUT2D eigenvalue weighted by molar-refractivity contribution is -0.660. The third kappa shape index (κ3) is 3.39. The van der Waals surface area contributed by atoms with Gasteiger partial charge in [0.25, 0.3) is 0 Å². The minimum atomic E-state index is -0.110. The van der Waals surface area contributed by atoms with Gasteiger partial charge in [-0.1, -0.05) is 63.2 Å². The molecule has 0 spiro atoms. The molecule has 0 N–H and O–H groups in total. The molecule has 5 aromatic rings. The smallest absolute Gasteiger partial charge is 0.216 e. The summed E-state index contributed by atoms with van der Waals surface area (Å²) in [6.07, 6.45) is 2.02. The Morgan fingerprint density at radius 2 is 1.79 bits per heavy atom. The second kappa shape index (κ2) is 7.60. The van der Waals surface area contributed by atoms with E-state index in [2.05, 4.69) is 48.4 Å². The van der Waals surface area contributed by atoms with Gasteiger partial charge in [-0.05, 0) is 41.2 Å². The van der Waals surface area contributed by atoms with Gasteiger partial charge in [0.1, 0.15) is 18.2 Å². The van der Waals surface area contributed by atoms with Crippen molar-refractivity contribution in [3.63, 3.8) is 0 Å². The second-order valence-electron chi connectivity index (χ2n) is 9.63. The van der Waals surface area contributed by atoms with Gasteiger partial charge in [0.2, 0.25) is 5.69 Å². The molecule has 0 bridgehead atoms. The van der Waals surface area contributed by atoms with Crippen LogP contribution in [0.1, 0.15) is 33.3 Å². The van der Waals surface area contributed by atoms with E-state index < -0.39 is 0 Å².